The van der Waals surface area contributed by atoms with Gasteiger partial charge in [0.25, 0.3) is 0 Å². The lowest BCUT2D eigenvalue weighted by molar-refractivity contribution is -0.183. The second-order valence-corrected chi connectivity index (χ2v) is 4.78. The van der Waals surface area contributed by atoms with Crippen LogP contribution in [0.3, 0.4) is 0 Å². The van der Waals surface area contributed by atoms with Crippen molar-refractivity contribution >= 4 is 17.4 Å². The van der Waals surface area contributed by atoms with Gasteiger partial charge in [0, 0.05) is 0 Å². The van der Waals surface area contributed by atoms with E-state index in [0.29, 0.717) is 23.7 Å². The van der Waals surface area contributed by atoms with Crippen LogP contribution < -0.4 is 5.73 Å². The van der Waals surface area contributed by atoms with Gasteiger partial charge in [0.15, 0.2) is 0 Å². The molecule has 0 saturated heterocycles. The van der Waals surface area contributed by atoms with E-state index in [9.17, 15) is 13.2 Å². The van der Waals surface area contributed by atoms with Crippen LogP contribution in [0.1, 0.15) is 31.7 Å². The van der Waals surface area contributed by atoms with Gasteiger partial charge in [-0.2, -0.15) is 18.3 Å². The summed E-state index contributed by atoms with van der Waals surface area (Å²) in [6.07, 6.45) is -1.53. The number of nitrogens with two attached hydrogens (primary N) is 1. The molecule has 1 fully saturated rings. The third kappa shape index (κ3) is 2.51. The molecule has 0 unspecified atom stereocenters. The summed E-state index contributed by atoms with van der Waals surface area (Å²) in [5.74, 6) is -0.854. The molecule has 0 aromatic carbocycles. The van der Waals surface area contributed by atoms with Crippen LogP contribution in [0.25, 0.3) is 0 Å². The molecule has 0 atom stereocenters. The Hall–Kier alpha value is -0.910. The molecule has 1 heterocycles. The van der Waals surface area contributed by atoms with Gasteiger partial charge < -0.3 is 5.73 Å². The van der Waals surface area contributed by atoms with Crippen molar-refractivity contribution in [2.45, 2.75) is 37.9 Å². The number of hydrogen-bond donors (Lipinski definition) is 1. The van der Waals surface area contributed by atoms with Crippen molar-refractivity contribution in [1.82, 2.24) is 9.78 Å². The molecule has 7 heteroatoms. The van der Waals surface area contributed by atoms with Crippen molar-refractivity contribution in [2.75, 3.05) is 5.73 Å². The van der Waals surface area contributed by atoms with Gasteiger partial charge in [-0.05, 0) is 25.7 Å². The van der Waals surface area contributed by atoms with Crippen LogP contribution in [0.15, 0.2) is 6.20 Å². The fourth-order valence-electron chi connectivity index (χ4n) is 2.29. The van der Waals surface area contributed by atoms with E-state index < -0.39 is 12.1 Å². The number of anilines is 1. The highest BCUT2D eigenvalue weighted by atomic mass is 35.5. The van der Waals surface area contributed by atoms with Crippen molar-refractivity contribution in [3.05, 3.63) is 11.2 Å². The SMILES string of the molecule is Nc1c(Cl)cnn1C1CCC(C(F)(F)F)CC1. The van der Waals surface area contributed by atoms with Crippen LogP contribution in [-0.4, -0.2) is 16.0 Å². The maximum Gasteiger partial charge on any atom is 0.391 e. The summed E-state index contributed by atoms with van der Waals surface area (Å²) in [5, 5.41) is 4.35. The Morgan fingerprint density at radius 3 is 2.29 bits per heavy atom. The van der Waals surface area contributed by atoms with Gasteiger partial charge in [-0.15, -0.1) is 0 Å². The van der Waals surface area contributed by atoms with Gasteiger partial charge >= 0.3 is 6.18 Å². The molecule has 2 N–H and O–H groups in total. The Morgan fingerprint density at radius 1 is 1.29 bits per heavy atom. The summed E-state index contributed by atoms with van der Waals surface area (Å²) >= 11 is 5.76. The maximum absolute atomic E-state index is 12.5. The fraction of sp³-hybridized carbons (Fsp3) is 0.700. The van der Waals surface area contributed by atoms with Crippen LogP contribution >= 0.6 is 11.6 Å². The molecule has 96 valence electrons. The lowest BCUT2D eigenvalue weighted by Gasteiger charge is -2.30. The molecule has 1 aliphatic rings. The molecule has 1 aromatic rings. The van der Waals surface area contributed by atoms with Crippen molar-refractivity contribution in [3.8, 4) is 0 Å². The maximum atomic E-state index is 12.5. The van der Waals surface area contributed by atoms with E-state index >= 15 is 0 Å². The zero-order valence-electron chi connectivity index (χ0n) is 9.04. The predicted octanol–water partition coefficient (Wildman–Crippen LogP) is 3.41. The lowest BCUT2D eigenvalue weighted by atomic mass is 9.85. The summed E-state index contributed by atoms with van der Waals surface area (Å²) in [7, 11) is 0. The Bertz CT molecular complexity index is 394. The monoisotopic (exact) mass is 267 g/mol. The second kappa shape index (κ2) is 4.40. The van der Waals surface area contributed by atoms with E-state index in [1.54, 1.807) is 0 Å². The lowest BCUT2D eigenvalue weighted by Crippen LogP contribution is -2.29. The molecule has 1 aliphatic carbocycles. The van der Waals surface area contributed by atoms with Crippen molar-refractivity contribution in [1.29, 1.82) is 0 Å². The number of alkyl halides is 3. The van der Waals surface area contributed by atoms with E-state index in [2.05, 4.69) is 5.10 Å². The Morgan fingerprint density at radius 2 is 1.88 bits per heavy atom. The minimum absolute atomic E-state index is 0.0684. The van der Waals surface area contributed by atoms with Crippen LogP contribution in [-0.2, 0) is 0 Å². The molecule has 0 spiro atoms. The number of nitrogen functional groups attached to an aromatic ring is 1. The van der Waals surface area contributed by atoms with Gasteiger partial charge in [-0.25, -0.2) is 4.68 Å². The van der Waals surface area contributed by atoms with Crippen LogP contribution in [0.4, 0.5) is 19.0 Å². The highest BCUT2D eigenvalue weighted by Gasteiger charge is 2.41. The van der Waals surface area contributed by atoms with E-state index in [0.717, 1.165) is 0 Å². The molecule has 0 amide bonds. The zero-order chi connectivity index (χ0) is 12.6. The van der Waals surface area contributed by atoms with Crippen molar-refractivity contribution < 1.29 is 13.2 Å². The van der Waals surface area contributed by atoms with Gasteiger partial charge in [-0.1, -0.05) is 11.6 Å². The van der Waals surface area contributed by atoms with Gasteiger partial charge in [0.05, 0.1) is 18.2 Å². The van der Waals surface area contributed by atoms with E-state index in [1.165, 1.54) is 10.9 Å². The molecule has 1 saturated carbocycles. The summed E-state index contributed by atoms with van der Waals surface area (Å²) in [6.45, 7) is 0. The average Bonchev–Trinajstić information content (AvgIpc) is 2.59. The standard InChI is InChI=1S/C10H13ClF3N3/c11-8-5-16-17(9(8)15)7-3-1-6(2-4-7)10(12,13)14/h5-7H,1-4,15H2. The number of nitrogens with zero attached hydrogens (tertiary/aromatic N) is 2. The van der Waals surface area contributed by atoms with Gasteiger partial charge in [0.1, 0.15) is 10.8 Å². The van der Waals surface area contributed by atoms with Crippen molar-refractivity contribution in [2.24, 2.45) is 5.92 Å². The molecule has 0 radical (unpaired) electrons. The third-order valence-corrected chi connectivity index (χ3v) is 3.58. The molecular formula is C10H13ClF3N3. The Balaban J connectivity index is 2.02. The molecular weight excluding hydrogens is 255 g/mol. The Kier molecular flexibility index (Phi) is 3.25. The summed E-state index contributed by atoms with van der Waals surface area (Å²) in [5.41, 5.74) is 5.70. The number of hydrogen-bond acceptors (Lipinski definition) is 2. The van der Waals surface area contributed by atoms with Gasteiger partial charge in [-0.3, -0.25) is 0 Å². The van der Waals surface area contributed by atoms with Crippen molar-refractivity contribution in [3.63, 3.8) is 0 Å². The molecule has 3 nitrogen and oxygen atoms in total. The predicted molar refractivity (Wildman–Crippen MR) is 58.7 cm³/mol. The highest BCUT2D eigenvalue weighted by Crippen LogP contribution is 2.41. The first kappa shape index (κ1) is 12.5. The quantitative estimate of drug-likeness (QED) is 0.847. The number of halogens is 4. The van der Waals surface area contributed by atoms with Gasteiger partial charge in [0.2, 0.25) is 0 Å². The van der Waals surface area contributed by atoms with Crippen LogP contribution in [0.2, 0.25) is 5.02 Å². The first-order valence-electron chi connectivity index (χ1n) is 5.44. The normalized spacial score (nSPS) is 26.1. The Labute approximate surface area is 102 Å². The minimum Gasteiger partial charge on any atom is -0.383 e. The first-order valence-corrected chi connectivity index (χ1v) is 5.82. The van der Waals surface area contributed by atoms with Crippen LogP contribution in [0, 0.1) is 5.92 Å². The summed E-state index contributed by atoms with van der Waals surface area (Å²) in [4.78, 5) is 0. The van der Waals surface area contributed by atoms with E-state index in [4.69, 9.17) is 17.3 Å². The number of aromatic nitrogens is 2. The second-order valence-electron chi connectivity index (χ2n) is 4.37. The largest absolute Gasteiger partial charge is 0.391 e. The van der Waals surface area contributed by atoms with E-state index in [-0.39, 0.29) is 18.9 Å². The smallest absolute Gasteiger partial charge is 0.383 e. The van der Waals surface area contributed by atoms with E-state index in [1.807, 2.05) is 0 Å². The van der Waals surface area contributed by atoms with Crippen LogP contribution in [0.5, 0.6) is 0 Å². The molecule has 2 rings (SSSR count). The molecule has 1 aromatic heterocycles. The minimum atomic E-state index is -4.09. The molecule has 0 bridgehead atoms. The summed E-state index contributed by atoms with van der Waals surface area (Å²) < 4.78 is 39.0. The molecule has 17 heavy (non-hydrogen) atoms. The topological polar surface area (TPSA) is 43.8 Å². The first-order chi connectivity index (χ1) is 7.89. The third-order valence-electron chi connectivity index (χ3n) is 3.29. The fourth-order valence-corrected chi connectivity index (χ4v) is 2.42. The molecule has 0 aliphatic heterocycles. The number of rotatable bonds is 1. The highest BCUT2D eigenvalue weighted by molar-refractivity contribution is 6.32. The zero-order valence-corrected chi connectivity index (χ0v) is 9.80. The summed E-state index contributed by atoms with van der Waals surface area (Å²) in [6, 6.07) is -0.0684. The average molecular weight is 268 g/mol.